The summed E-state index contributed by atoms with van der Waals surface area (Å²) in [6.07, 6.45) is 3.47. The van der Waals surface area contributed by atoms with Crippen molar-refractivity contribution in [3.8, 4) is 0 Å². The topological polar surface area (TPSA) is 34.1 Å². The van der Waals surface area contributed by atoms with Gasteiger partial charge in [0.15, 0.2) is 9.84 Å². The summed E-state index contributed by atoms with van der Waals surface area (Å²) in [4.78, 5) is 0.406. The maximum Gasteiger partial charge on any atom is 0.175 e. The minimum atomic E-state index is -3.04. The van der Waals surface area contributed by atoms with Crippen molar-refractivity contribution in [2.45, 2.75) is 30.3 Å². The normalized spacial score (nSPS) is 11.6. The Balaban J connectivity index is 2.65. The Hall–Kier alpha value is -0.613. The van der Waals surface area contributed by atoms with Crippen molar-refractivity contribution < 1.29 is 8.42 Å². The van der Waals surface area contributed by atoms with E-state index in [1.165, 1.54) is 24.3 Å². The molecular weight excluding hydrogens is 224 g/mol. The molecule has 0 spiro atoms. The first-order valence-corrected chi connectivity index (χ1v) is 8.57. The Bertz CT molecular complexity index is 395. The lowest BCUT2D eigenvalue weighted by atomic mass is 10.1. The molecule has 2 radical (unpaired) electrons. The number of benzene rings is 1. The summed E-state index contributed by atoms with van der Waals surface area (Å²) in [7, 11) is -2.04. The van der Waals surface area contributed by atoms with Gasteiger partial charge in [0.05, 0.1) is 4.90 Å². The summed E-state index contributed by atoms with van der Waals surface area (Å²) in [5, 5.41) is 0. The van der Waals surface area contributed by atoms with Gasteiger partial charge in [0.25, 0.3) is 0 Å². The van der Waals surface area contributed by atoms with Gasteiger partial charge in [-0.15, -0.1) is 0 Å². The van der Waals surface area contributed by atoms with Crippen LogP contribution in [0.25, 0.3) is 0 Å². The second-order valence-electron chi connectivity index (χ2n) is 3.62. The number of hydrogen-bond acceptors (Lipinski definition) is 2. The first-order chi connectivity index (χ1) is 7.04. The lowest BCUT2D eigenvalue weighted by molar-refractivity contribution is 0.602. The van der Waals surface area contributed by atoms with Crippen LogP contribution in [0.15, 0.2) is 29.2 Å². The Kier molecular flexibility index (Phi) is 4.54. The summed E-state index contributed by atoms with van der Waals surface area (Å²) in [5.41, 5.74) is 1.22. The lowest BCUT2D eigenvalue weighted by Gasteiger charge is -2.02. The molecule has 0 N–H and O–H groups in total. The van der Waals surface area contributed by atoms with Crippen molar-refractivity contribution in [3.05, 3.63) is 29.8 Å². The van der Waals surface area contributed by atoms with E-state index in [9.17, 15) is 8.42 Å². The van der Waals surface area contributed by atoms with Crippen LogP contribution >= 0.6 is 0 Å². The summed E-state index contributed by atoms with van der Waals surface area (Å²) < 4.78 is 22.4. The van der Waals surface area contributed by atoms with E-state index in [1.807, 2.05) is 12.1 Å². The Morgan fingerprint density at radius 2 is 1.80 bits per heavy atom. The van der Waals surface area contributed by atoms with Crippen LogP contribution in [0.5, 0.6) is 0 Å². The molecule has 0 aromatic heterocycles. The van der Waals surface area contributed by atoms with E-state index in [0.29, 0.717) is 4.90 Å². The van der Waals surface area contributed by atoms with Crippen LogP contribution in [0.4, 0.5) is 0 Å². The minimum Gasteiger partial charge on any atom is -0.224 e. The third-order valence-electron chi connectivity index (χ3n) is 2.24. The third kappa shape index (κ3) is 4.18. The second kappa shape index (κ2) is 5.46. The number of rotatable bonds is 5. The number of hydrogen-bond donors (Lipinski definition) is 0. The van der Waals surface area contributed by atoms with Gasteiger partial charge in [-0.25, -0.2) is 8.42 Å². The Labute approximate surface area is 94.5 Å². The van der Waals surface area contributed by atoms with Crippen molar-refractivity contribution in [2.75, 3.05) is 6.26 Å². The van der Waals surface area contributed by atoms with Crippen LogP contribution in [0.2, 0.25) is 12.6 Å². The summed E-state index contributed by atoms with van der Waals surface area (Å²) in [6, 6.07) is 8.47. The fraction of sp³-hybridized carbons (Fsp3) is 0.455. The maximum atomic E-state index is 11.2. The van der Waals surface area contributed by atoms with E-state index in [0.717, 1.165) is 15.9 Å². The predicted molar refractivity (Wildman–Crippen MR) is 64.3 cm³/mol. The molecular formula is C11H16O2SSi. The minimum absolute atomic E-state index is 0.406. The molecule has 0 heterocycles. The highest BCUT2D eigenvalue weighted by atomic mass is 32.2. The largest absolute Gasteiger partial charge is 0.224 e. The molecule has 2 nitrogen and oxygen atoms in total. The highest BCUT2D eigenvalue weighted by molar-refractivity contribution is 7.90. The SMILES string of the molecule is C[Si]CCCc1ccc(S(C)(=O)=O)cc1. The van der Waals surface area contributed by atoms with Gasteiger partial charge in [-0.2, -0.15) is 0 Å². The van der Waals surface area contributed by atoms with Gasteiger partial charge in [0, 0.05) is 15.8 Å². The van der Waals surface area contributed by atoms with Gasteiger partial charge in [-0.1, -0.05) is 31.1 Å². The van der Waals surface area contributed by atoms with Crippen LogP contribution in [-0.2, 0) is 16.3 Å². The zero-order valence-electron chi connectivity index (χ0n) is 9.16. The first-order valence-electron chi connectivity index (χ1n) is 4.97. The molecule has 0 atom stereocenters. The van der Waals surface area contributed by atoms with Gasteiger partial charge in [-0.05, 0) is 24.1 Å². The molecule has 1 aromatic carbocycles. The smallest absolute Gasteiger partial charge is 0.175 e. The maximum absolute atomic E-state index is 11.2. The van der Waals surface area contributed by atoms with Crippen LogP contribution in [0, 0.1) is 0 Å². The molecule has 4 heteroatoms. The molecule has 1 aromatic rings. The van der Waals surface area contributed by atoms with Crippen molar-refractivity contribution in [2.24, 2.45) is 0 Å². The Morgan fingerprint density at radius 3 is 2.27 bits per heavy atom. The highest BCUT2D eigenvalue weighted by Crippen LogP contribution is 2.12. The van der Waals surface area contributed by atoms with Crippen LogP contribution in [0.3, 0.4) is 0 Å². The molecule has 0 unspecified atom stereocenters. The van der Waals surface area contributed by atoms with E-state index in [1.54, 1.807) is 12.1 Å². The van der Waals surface area contributed by atoms with Crippen LogP contribution < -0.4 is 0 Å². The first kappa shape index (κ1) is 12.5. The summed E-state index contributed by atoms with van der Waals surface area (Å²) >= 11 is 0. The zero-order chi connectivity index (χ0) is 11.3. The summed E-state index contributed by atoms with van der Waals surface area (Å²) in [5.74, 6) is 0. The van der Waals surface area contributed by atoms with Crippen LogP contribution in [0.1, 0.15) is 12.0 Å². The van der Waals surface area contributed by atoms with Crippen molar-refractivity contribution in [1.29, 1.82) is 0 Å². The van der Waals surface area contributed by atoms with E-state index in [2.05, 4.69) is 6.55 Å². The molecule has 1 rings (SSSR count). The lowest BCUT2D eigenvalue weighted by Crippen LogP contribution is -1.97. The predicted octanol–water partition coefficient (Wildman–Crippen LogP) is 2.19. The number of sulfone groups is 1. The molecule has 0 saturated heterocycles. The Morgan fingerprint density at radius 1 is 1.20 bits per heavy atom. The van der Waals surface area contributed by atoms with E-state index >= 15 is 0 Å². The average Bonchev–Trinajstić information content (AvgIpc) is 2.18. The zero-order valence-corrected chi connectivity index (χ0v) is 11.0. The van der Waals surface area contributed by atoms with E-state index in [4.69, 9.17) is 0 Å². The standard InChI is InChI=1S/C11H16O2SSi/c1-14(12,13)11-7-5-10(6-8-11)4-3-9-15-2/h5-8H,3-4,9H2,1-2H3. The summed E-state index contributed by atoms with van der Waals surface area (Å²) in [6.45, 7) is 2.20. The fourth-order valence-corrected chi connectivity index (χ4v) is 2.53. The van der Waals surface area contributed by atoms with E-state index < -0.39 is 9.84 Å². The van der Waals surface area contributed by atoms with Gasteiger partial charge < -0.3 is 0 Å². The number of aryl methyl sites for hydroxylation is 1. The van der Waals surface area contributed by atoms with Crippen molar-refractivity contribution in [1.82, 2.24) is 0 Å². The van der Waals surface area contributed by atoms with Gasteiger partial charge in [0.2, 0.25) is 0 Å². The van der Waals surface area contributed by atoms with Gasteiger partial charge in [0.1, 0.15) is 0 Å². The monoisotopic (exact) mass is 240 g/mol. The molecule has 0 fully saturated rings. The molecule has 0 aliphatic heterocycles. The molecule has 0 saturated carbocycles. The molecule has 0 amide bonds. The molecule has 82 valence electrons. The quantitative estimate of drug-likeness (QED) is 0.584. The molecule has 15 heavy (non-hydrogen) atoms. The molecule has 0 aliphatic rings. The molecule has 0 bridgehead atoms. The van der Waals surface area contributed by atoms with E-state index in [-0.39, 0.29) is 0 Å². The van der Waals surface area contributed by atoms with Crippen LogP contribution in [-0.4, -0.2) is 24.2 Å². The van der Waals surface area contributed by atoms with Gasteiger partial charge >= 0.3 is 0 Å². The highest BCUT2D eigenvalue weighted by Gasteiger charge is 2.05. The van der Waals surface area contributed by atoms with Gasteiger partial charge in [-0.3, -0.25) is 0 Å². The third-order valence-corrected chi connectivity index (χ3v) is 4.23. The average molecular weight is 240 g/mol. The van der Waals surface area contributed by atoms with Crippen molar-refractivity contribution >= 4 is 19.4 Å². The second-order valence-corrected chi connectivity index (χ2v) is 6.85. The molecule has 0 aliphatic carbocycles. The fourth-order valence-electron chi connectivity index (χ4n) is 1.37. The van der Waals surface area contributed by atoms with Crippen molar-refractivity contribution in [3.63, 3.8) is 0 Å².